The molecule has 1 aromatic carbocycles. The fraction of sp³-hybridized carbons (Fsp3) is 0.533. The molecule has 0 saturated heterocycles. The summed E-state index contributed by atoms with van der Waals surface area (Å²) in [5.41, 5.74) is 4.48. The minimum atomic E-state index is 1.21. The van der Waals surface area contributed by atoms with Gasteiger partial charge in [0.1, 0.15) is 0 Å². The molecular formula is C15H23. The average Bonchev–Trinajstić information content (AvgIpc) is 2.18. The van der Waals surface area contributed by atoms with Crippen LogP contribution in [0.4, 0.5) is 0 Å². The summed E-state index contributed by atoms with van der Waals surface area (Å²) in [5.74, 6) is 1.43. The summed E-state index contributed by atoms with van der Waals surface area (Å²) < 4.78 is 0. The highest BCUT2D eigenvalue weighted by atomic mass is 14.1. The van der Waals surface area contributed by atoms with Gasteiger partial charge in [-0.1, -0.05) is 58.7 Å². The van der Waals surface area contributed by atoms with Gasteiger partial charge < -0.3 is 0 Å². The van der Waals surface area contributed by atoms with Crippen LogP contribution in [-0.4, -0.2) is 0 Å². The molecule has 0 atom stereocenters. The highest BCUT2D eigenvalue weighted by molar-refractivity contribution is 5.40. The molecule has 0 spiro atoms. The van der Waals surface area contributed by atoms with E-state index in [0.717, 1.165) is 0 Å². The number of hydrogen-bond acceptors (Lipinski definition) is 0. The Bertz CT molecular complexity index is 297. The van der Waals surface area contributed by atoms with Crippen molar-refractivity contribution >= 4 is 0 Å². The third-order valence-corrected chi connectivity index (χ3v) is 2.77. The molecule has 0 heterocycles. The SMILES string of the molecule is CCCc1ccc([C](C)C)c(CCC)c1. The normalized spacial score (nSPS) is 11.0. The van der Waals surface area contributed by atoms with Crippen molar-refractivity contribution in [2.45, 2.75) is 53.4 Å². The summed E-state index contributed by atoms with van der Waals surface area (Å²) >= 11 is 0. The van der Waals surface area contributed by atoms with Gasteiger partial charge in [-0.2, -0.15) is 0 Å². The molecule has 0 heteroatoms. The van der Waals surface area contributed by atoms with Crippen molar-refractivity contribution < 1.29 is 0 Å². The minimum Gasteiger partial charge on any atom is -0.0651 e. The van der Waals surface area contributed by atoms with Gasteiger partial charge in [0.05, 0.1) is 0 Å². The maximum Gasteiger partial charge on any atom is -0.000922 e. The van der Waals surface area contributed by atoms with E-state index in [9.17, 15) is 0 Å². The lowest BCUT2D eigenvalue weighted by Gasteiger charge is -2.13. The lowest BCUT2D eigenvalue weighted by Crippen LogP contribution is -1.98. The molecule has 0 aromatic heterocycles. The summed E-state index contributed by atoms with van der Waals surface area (Å²) in [6.07, 6.45) is 4.88. The standard InChI is InChI=1S/C15H23/c1-5-7-13-9-10-15(12(3)4)14(11-13)8-6-2/h9-11H,5-8H2,1-4H3. The molecule has 83 valence electrons. The van der Waals surface area contributed by atoms with Gasteiger partial charge in [0.15, 0.2) is 0 Å². The Kier molecular flexibility index (Phi) is 4.87. The summed E-state index contributed by atoms with van der Waals surface area (Å²) in [6, 6.07) is 6.98. The van der Waals surface area contributed by atoms with Gasteiger partial charge in [0.25, 0.3) is 0 Å². The van der Waals surface area contributed by atoms with E-state index in [2.05, 4.69) is 45.9 Å². The summed E-state index contributed by atoms with van der Waals surface area (Å²) in [5, 5.41) is 0. The van der Waals surface area contributed by atoms with Crippen LogP contribution in [0.1, 0.15) is 57.2 Å². The van der Waals surface area contributed by atoms with Gasteiger partial charge in [-0.15, -0.1) is 0 Å². The molecule has 1 aromatic rings. The Labute approximate surface area is 94.7 Å². The molecule has 0 saturated carbocycles. The van der Waals surface area contributed by atoms with Crippen LogP contribution < -0.4 is 0 Å². The highest BCUT2D eigenvalue weighted by Gasteiger charge is 2.06. The fourth-order valence-corrected chi connectivity index (χ4v) is 2.06. The van der Waals surface area contributed by atoms with Crippen molar-refractivity contribution in [3.8, 4) is 0 Å². The van der Waals surface area contributed by atoms with Crippen LogP contribution in [0.15, 0.2) is 18.2 Å². The quantitative estimate of drug-likeness (QED) is 0.658. The maximum atomic E-state index is 2.40. The van der Waals surface area contributed by atoms with Crippen LogP contribution in [0.5, 0.6) is 0 Å². The third kappa shape index (κ3) is 3.37. The Balaban J connectivity index is 2.97. The van der Waals surface area contributed by atoms with Gasteiger partial charge in [0.2, 0.25) is 0 Å². The first-order valence-electron chi connectivity index (χ1n) is 6.11. The smallest absolute Gasteiger partial charge is 0.000922 e. The molecule has 0 fully saturated rings. The van der Waals surface area contributed by atoms with Crippen LogP contribution in [0.3, 0.4) is 0 Å². The van der Waals surface area contributed by atoms with E-state index < -0.39 is 0 Å². The van der Waals surface area contributed by atoms with Gasteiger partial charge in [-0.3, -0.25) is 0 Å². The van der Waals surface area contributed by atoms with Gasteiger partial charge >= 0.3 is 0 Å². The predicted octanol–water partition coefficient (Wildman–Crippen LogP) is 4.55. The maximum absolute atomic E-state index is 2.40. The lowest BCUT2D eigenvalue weighted by molar-refractivity contribution is 0.882. The van der Waals surface area contributed by atoms with Crippen molar-refractivity contribution in [1.82, 2.24) is 0 Å². The van der Waals surface area contributed by atoms with Crippen LogP contribution in [-0.2, 0) is 12.8 Å². The summed E-state index contributed by atoms with van der Waals surface area (Å²) in [4.78, 5) is 0. The van der Waals surface area contributed by atoms with E-state index >= 15 is 0 Å². The fourth-order valence-electron chi connectivity index (χ4n) is 2.06. The summed E-state index contributed by atoms with van der Waals surface area (Å²) in [6.45, 7) is 8.90. The molecule has 1 rings (SSSR count). The largest absolute Gasteiger partial charge is 0.0651 e. The van der Waals surface area contributed by atoms with E-state index in [1.165, 1.54) is 48.3 Å². The molecular weight excluding hydrogens is 180 g/mol. The van der Waals surface area contributed by atoms with Crippen molar-refractivity contribution in [3.05, 3.63) is 40.8 Å². The van der Waals surface area contributed by atoms with Crippen LogP contribution in [0.2, 0.25) is 0 Å². The van der Waals surface area contributed by atoms with Gasteiger partial charge in [0, 0.05) is 0 Å². The second-order valence-corrected chi connectivity index (χ2v) is 4.49. The Morgan fingerprint density at radius 2 is 1.67 bits per heavy atom. The Morgan fingerprint density at radius 1 is 1.00 bits per heavy atom. The zero-order chi connectivity index (χ0) is 11.3. The van der Waals surface area contributed by atoms with Crippen molar-refractivity contribution in [1.29, 1.82) is 0 Å². The third-order valence-electron chi connectivity index (χ3n) is 2.77. The van der Waals surface area contributed by atoms with E-state index in [1.54, 1.807) is 0 Å². The zero-order valence-corrected chi connectivity index (χ0v) is 10.6. The Morgan fingerprint density at radius 3 is 2.20 bits per heavy atom. The van der Waals surface area contributed by atoms with Crippen LogP contribution >= 0.6 is 0 Å². The molecule has 0 aliphatic heterocycles. The minimum absolute atomic E-state index is 1.21. The van der Waals surface area contributed by atoms with E-state index in [1.807, 2.05) is 0 Å². The zero-order valence-electron chi connectivity index (χ0n) is 10.6. The Hall–Kier alpha value is -0.780. The van der Waals surface area contributed by atoms with Crippen molar-refractivity contribution in [2.24, 2.45) is 0 Å². The lowest BCUT2D eigenvalue weighted by atomic mass is 9.92. The molecule has 0 aliphatic rings. The molecule has 15 heavy (non-hydrogen) atoms. The second-order valence-electron chi connectivity index (χ2n) is 4.49. The first-order valence-corrected chi connectivity index (χ1v) is 6.11. The topological polar surface area (TPSA) is 0 Å². The number of rotatable bonds is 5. The second kappa shape index (κ2) is 5.95. The average molecular weight is 203 g/mol. The highest BCUT2D eigenvalue weighted by Crippen LogP contribution is 2.22. The molecule has 0 amide bonds. The number of benzene rings is 1. The molecule has 0 N–H and O–H groups in total. The molecule has 0 nitrogen and oxygen atoms in total. The predicted molar refractivity (Wildman–Crippen MR) is 68.1 cm³/mol. The molecule has 1 radical (unpaired) electrons. The number of aryl methyl sites for hydroxylation is 2. The number of hydrogen-bond donors (Lipinski definition) is 0. The first kappa shape index (κ1) is 12.3. The molecule has 0 bridgehead atoms. The first-order chi connectivity index (χ1) is 7.19. The van der Waals surface area contributed by atoms with Gasteiger partial charge in [-0.25, -0.2) is 0 Å². The summed E-state index contributed by atoms with van der Waals surface area (Å²) in [7, 11) is 0. The van der Waals surface area contributed by atoms with E-state index in [-0.39, 0.29) is 0 Å². The van der Waals surface area contributed by atoms with Crippen molar-refractivity contribution in [3.63, 3.8) is 0 Å². The monoisotopic (exact) mass is 203 g/mol. The van der Waals surface area contributed by atoms with Gasteiger partial charge in [-0.05, 0) is 35.4 Å². The van der Waals surface area contributed by atoms with Crippen LogP contribution in [0, 0.1) is 5.92 Å². The molecule has 0 unspecified atom stereocenters. The van der Waals surface area contributed by atoms with E-state index in [4.69, 9.17) is 0 Å². The van der Waals surface area contributed by atoms with Crippen molar-refractivity contribution in [2.75, 3.05) is 0 Å². The van der Waals surface area contributed by atoms with E-state index in [0.29, 0.717) is 0 Å². The molecule has 0 aliphatic carbocycles. The van der Waals surface area contributed by atoms with Crippen LogP contribution in [0.25, 0.3) is 0 Å².